The first-order valence-corrected chi connectivity index (χ1v) is 2.83. The maximum absolute atomic E-state index is 5.29. The molecule has 0 aliphatic heterocycles. The summed E-state index contributed by atoms with van der Waals surface area (Å²) < 4.78 is 4.59. The van der Waals surface area contributed by atoms with Crippen molar-refractivity contribution in [2.45, 2.75) is 6.92 Å². The van der Waals surface area contributed by atoms with Crippen molar-refractivity contribution in [3.05, 3.63) is 17.5 Å². The zero-order valence-corrected chi connectivity index (χ0v) is 5.73. The lowest BCUT2D eigenvalue weighted by atomic mass is 10.3. The summed E-state index contributed by atoms with van der Waals surface area (Å²) >= 11 is 4.68. The van der Waals surface area contributed by atoms with Gasteiger partial charge < -0.3 is 10.3 Å². The molecular weight excluding hydrogens is 136 g/mol. The molecule has 9 heavy (non-hydrogen) atoms. The molecule has 0 unspecified atom stereocenters. The highest BCUT2D eigenvalue weighted by Gasteiger charge is 2.03. The topological polar surface area (TPSA) is 52.0 Å². The lowest BCUT2D eigenvalue weighted by molar-refractivity contribution is 0.415. The summed E-state index contributed by atoms with van der Waals surface area (Å²) in [5.41, 5.74) is 6.74. The fraction of sp³-hybridized carbons (Fsp3) is 0.200. The van der Waals surface area contributed by atoms with Gasteiger partial charge in [0, 0.05) is 0 Å². The number of rotatable bonds is 1. The molecule has 1 aromatic rings. The van der Waals surface area contributed by atoms with Gasteiger partial charge in [-0.2, -0.15) is 0 Å². The average molecular weight is 142 g/mol. The molecule has 1 aromatic heterocycles. The van der Waals surface area contributed by atoms with E-state index >= 15 is 0 Å². The van der Waals surface area contributed by atoms with E-state index in [-0.39, 0.29) is 0 Å². The molecule has 4 heteroatoms. The van der Waals surface area contributed by atoms with E-state index in [0.717, 1.165) is 5.69 Å². The molecular formula is C5H6N2OS. The number of aromatic nitrogens is 1. The fourth-order valence-corrected chi connectivity index (χ4v) is 0.725. The third-order valence-corrected chi connectivity index (χ3v) is 1.24. The van der Waals surface area contributed by atoms with Gasteiger partial charge in [-0.25, -0.2) is 0 Å². The molecule has 0 radical (unpaired) electrons. The second-order valence-corrected chi connectivity index (χ2v) is 2.12. The monoisotopic (exact) mass is 142 g/mol. The van der Waals surface area contributed by atoms with Crippen molar-refractivity contribution in [3.8, 4) is 0 Å². The van der Waals surface area contributed by atoms with Gasteiger partial charge in [0.25, 0.3) is 0 Å². The molecule has 0 saturated carbocycles. The van der Waals surface area contributed by atoms with E-state index in [2.05, 4.69) is 21.9 Å². The smallest absolute Gasteiger partial charge is 0.134 e. The van der Waals surface area contributed by atoms with E-state index in [1.165, 1.54) is 6.26 Å². The third-order valence-electron chi connectivity index (χ3n) is 1.02. The molecule has 1 rings (SSSR count). The second kappa shape index (κ2) is 2.14. The Balaban J connectivity index is 3.08. The largest absolute Gasteiger partial charge is 0.389 e. The highest BCUT2D eigenvalue weighted by Crippen LogP contribution is 2.02. The van der Waals surface area contributed by atoms with Gasteiger partial charge in [0.05, 0.1) is 11.3 Å². The zero-order chi connectivity index (χ0) is 6.85. The minimum atomic E-state index is 0.328. The maximum atomic E-state index is 5.29. The van der Waals surface area contributed by atoms with E-state index in [4.69, 9.17) is 5.73 Å². The highest BCUT2D eigenvalue weighted by molar-refractivity contribution is 7.80. The predicted molar refractivity (Wildman–Crippen MR) is 37.1 cm³/mol. The van der Waals surface area contributed by atoms with Crippen LogP contribution < -0.4 is 5.73 Å². The molecule has 0 aromatic carbocycles. The van der Waals surface area contributed by atoms with Crippen molar-refractivity contribution >= 4 is 17.2 Å². The Hall–Kier alpha value is -0.900. The summed E-state index contributed by atoms with van der Waals surface area (Å²) in [5.74, 6) is 0. The maximum Gasteiger partial charge on any atom is 0.134 e. The summed E-state index contributed by atoms with van der Waals surface area (Å²) in [7, 11) is 0. The standard InChI is InChI=1S/C5H6N2OS/c1-3-4(5(6)9)2-8-7-3/h2H,1H3,(H2,6,9). The molecule has 3 nitrogen and oxygen atoms in total. The van der Waals surface area contributed by atoms with E-state index in [0.29, 0.717) is 10.6 Å². The molecule has 0 amide bonds. The van der Waals surface area contributed by atoms with Crippen LogP contribution in [0.1, 0.15) is 11.3 Å². The summed E-state index contributed by atoms with van der Waals surface area (Å²) in [6.45, 7) is 1.79. The minimum Gasteiger partial charge on any atom is -0.389 e. The van der Waals surface area contributed by atoms with Crippen LogP contribution in [-0.4, -0.2) is 10.1 Å². The Bertz CT molecular complexity index is 231. The Labute approximate surface area is 57.8 Å². The van der Waals surface area contributed by atoms with Gasteiger partial charge in [0.15, 0.2) is 0 Å². The first-order valence-electron chi connectivity index (χ1n) is 2.42. The SMILES string of the molecule is Cc1nocc1C(N)=S. The Morgan fingerprint density at radius 3 is 2.78 bits per heavy atom. The Morgan fingerprint density at radius 2 is 2.56 bits per heavy atom. The molecule has 0 aliphatic carbocycles. The molecule has 0 fully saturated rings. The quantitative estimate of drug-likeness (QED) is 0.584. The first-order chi connectivity index (χ1) is 4.22. The van der Waals surface area contributed by atoms with Gasteiger partial charge in [0.2, 0.25) is 0 Å². The van der Waals surface area contributed by atoms with Gasteiger partial charge in [-0.3, -0.25) is 0 Å². The second-order valence-electron chi connectivity index (χ2n) is 1.68. The molecule has 0 atom stereocenters. The van der Waals surface area contributed by atoms with E-state index in [1.54, 1.807) is 6.92 Å². The van der Waals surface area contributed by atoms with Gasteiger partial charge in [-0.15, -0.1) is 0 Å². The van der Waals surface area contributed by atoms with E-state index < -0.39 is 0 Å². The van der Waals surface area contributed by atoms with Crippen LogP contribution >= 0.6 is 12.2 Å². The summed E-state index contributed by atoms with van der Waals surface area (Å²) in [4.78, 5) is 0.328. The number of hydrogen-bond acceptors (Lipinski definition) is 3. The van der Waals surface area contributed by atoms with Crippen molar-refractivity contribution in [1.29, 1.82) is 0 Å². The number of nitrogens with two attached hydrogens (primary N) is 1. The van der Waals surface area contributed by atoms with Crippen LogP contribution in [0.5, 0.6) is 0 Å². The van der Waals surface area contributed by atoms with Crippen LogP contribution in [0.25, 0.3) is 0 Å². The van der Waals surface area contributed by atoms with Gasteiger partial charge in [-0.05, 0) is 6.92 Å². The number of aryl methyl sites for hydroxylation is 1. The van der Waals surface area contributed by atoms with Gasteiger partial charge >= 0.3 is 0 Å². The number of nitrogens with zero attached hydrogens (tertiary/aromatic N) is 1. The molecule has 0 saturated heterocycles. The van der Waals surface area contributed by atoms with Crippen molar-refractivity contribution in [1.82, 2.24) is 5.16 Å². The normalized spacial score (nSPS) is 9.44. The Kier molecular flexibility index (Phi) is 1.48. The third kappa shape index (κ3) is 1.08. The molecule has 48 valence electrons. The van der Waals surface area contributed by atoms with Gasteiger partial charge in [0.1, 0.15) is 11.3 Å². The van der Waals surface area contributed by atoms with Crippen molar-refractivity contribution < 1.29 is 4.52 Å². The minimum absolute atomic E-state index is 0.328. The lowest BCUT2D eigenvalue weighted by Crippen LogP contribution is -2.09. The van der Waals surface area contributed by atoms with Crippen LogP contribution in [0.4, 0.5) is 0 Å². The van der Waals surface area contributed by atoms with Gasteiger partial charge in [-0.1, -0.05) is 17.4 Å². The summed E-state index contributed by atoms with van der Waals surface area (Å²) in [6, 6.07) is 0. The predicted octanol–water partition coefficient (Wildman–Crippen LogP) is 0.617. The molecule has 0 bridgehead atoms. The van der Waals surface area contributed by atoms with Crippen molar-refractivity contribution in [2.24, 2.45) is 5.73 Å². The van der Waals surface area contributed by atoms with E-state index in [9.17, 15) is 0 Å². The fourth-order valence-electron chi connectivity index (χ4n) is 0.529. The number of hydrogen-bond donors (Lipinski definition) is 1. The van der Waals surface area contributed by atoms with Crippen LogP contribution in [0, 0.1) is 6.92 Å². The van der Waals surface area contributed by atoms with Crippen LogP contribution in [0.2, 0.25) is 0 Å². The lowest BCUT2D eigenvalue weighted by Gasteiger charge is -1.87. The molecule has 2 N–H and O–H groups in total. The van der Waals surface area contributed by atoms with Crippen LogP contribution in [0.3, 0.4) is 0 Å². The van der Waals surface area contributed by atoms with Crippen LogP contribution in [-0.2, 0) is 0 Å². The summed E-state index contributed by atoms with van der Waals surface area (Å²) in [5, 5.41) is 3.60. The molecule has 1 heterocycles. The number of thiocarbonyl (C=S) groups is 1. The summed E-state index contributed by atoms with van der Waals surface area (Å²) in [6.07, 6.45) is 1.44. The Morgan fingerprint density at radius 1 is 1.89 bits per heavy atom. The first kappa shape index (κ1) is 6.22. The van der Waals surface area contributed by atoms with E-state index in [1.807, 2.05) is 0 Å². The highest BCUT2D eigenvalue weighted by atomic mass is 32.1. The van der Waals surface area contributed by atoms with Crippen LogP contribution in [0.15, 0.2) is 10.8 Å². The zero-order valence-electron chi connectivity index (χ0n) is 4.92. The van der Waals surface area contributed by atoms with Crippen molar-refractivity contribution in [3.63, 3.8) is 0 Å². The molecule has 0 aliphatic rings. The van der Waals surface area contributed by atoms with Crippen molar-refractivity contribution in [2.75, 3.05) is 0 Å². The average Bonchev–Trinajstić information content (AvgIpc) is 2.13. The molecule has 0 spiro atoms.